The molecule has 1 aliphatic rings. The standard InChI is InChI=1S/C49H34N2/c1-49(2)43-25-13-24-41(47(43)42-28-33-17-6-7-18-34(33)29-44(42)49)46-30-45(50-48(51-46)32-15-4-3-5-16-32)40-27-26-39(37-21-10-11-22-38(37)40)36-23-12-19-31-14-8-9-20-35(31)36/h3-30H,1-2H3. The van der Waals surface area contributed by atoms with Crippen molar-refractivity contribution >= 4 is 32.3 Å². The second-order valence-corrected chi connectivity index (χ2v) is 14.2. The summed E-state index contributed by atoms with van der Waals surface area (Å²) in [4.78, 5) is 10.6. The molecule has 0 aliphatic heterocycles. The summed E-state index contributed by atoms with van der Waals surface area (Å²) >= 11 is 0. The van der Waals surface area contributed by atoms with Gasteiger partial charge in [-0.3, -0.25) is 0 Å². The Morgan fingerprint density at radius 3 is 1.71 bits per heavy atom. The smallest absolute Gasteiger partial charge is 0.160 e. The second kappa shape index (κ2) is 11.3. The van der Waals surface area contributed by atoms with Crippen LogP contribution in [0.2, 0.25) is 0 Å². The molecule has 0 fully saturated rings. The summed E-state index contributed by atoms with van der Waals surface area (Å²) in [5.41, 5.74) is 12.6. The predicted molar refractivity (Wildman–Crippen MR) is 214 cm³/mol. The number of fused-ring (bicyclic) bond motifs is 6. The molecular weight excluding hydrogens is 617 g/mol. The van der Waals surface area contributed by atoms with Gasteiger partial charge < -0.3 is 0 Å². The fraction of sp³-hybridized carbons (Fsp3) is 0.0612. The van der Waals surface area contributed by atoms with E-state index in [1.807, 2.05) is 6.07 Å². The van der Waals surface area contributed by atoms with E-state index in [0.29, 0.717) is 0 Å². The van der Waals surface area contributed by atoms with Crippen LogP contribution in [0.15, 0.2) is 170 Å². The Morgan fingerprint density at radius 2 is 0.922 bits per heavy atom. The SMILES string of the molecule is CC1(C)c2cc3ccccc3cc2-c2c(-c3cc(-c4ccc(-c5cccc6ccccc56)c5ccccc45)nc(-c4ccccc4)n3)cccc21. The van der Waals surface area contributed by atoms with Crippen LogP contribution in [0.4, 0.5) is 0 Å². The van der Waals surface area contributed by atoms with E-state index in [1.54, 1.807) is 0 Å². The highest BCUT2D eigenvalue weighted by atomic mass is 14.9. The molecule has 240 valence electrons. The summed E-state index contributed by atoms with van der Waals surface area (Å²) in [7, 11) is 0. The summed E-state index contributed by atoms with van der Waals surface area (Å²) in [6.07, 6.45) is 0. The molecule has 1 aromatic heterocycles. The third-order valence-electron chi connectivity index (χ3n) is 10.9. The van der Waals surface area contributed by atoms with E-state index in [-0.39, 0.29) is 5.41 Å². The Labute approximate surface area is 297 Å². The molecule has 0 radical (unpaired) electrons. The fourth-order valence-electron chi connectivity index (χ4n) is 8.34. The van der Waals surface area contributed by atoms with Crippen LogP contribution in [0.1, 0.15) is 25.0 Å². The molecule has 0 saturated heterocycles. The largest absolute Gasteiger partial charge is 0.228 e. The molecule has 0 saturated carbocycles. The van der Waals surface area contributed by atoms with Crippen molar-refractivity contribution in [2.45, 2.75) is 19.3 Å². The average Bonchev–Trinajstić information content (AvgIpc) is 3.41. The van der Waals surface area contributed by atoms with Crippen LogP contribution in [0, 0.1) is 0 Å². The molecule has 0 unspecified atom stereocenters. The minimum Gasteiger partial charge on any atom is -0.228 e. The maximum absolute atomic E-state index is 5.33. The van der Waals surface area contributed by atoms with Crippen LogP contribution in [-0.4, -0.2) is 9.97 Å². The summed E-state index contributed by atoms with van der Waals surface area (Å²) in [6, 6.07) is 61.2. The van der Waals surface area contributed by atoms with Crippen LogP contribution in [0.5, 0.6) is 0 Å². The second-order valence-electron chi connectivity index (χ2n) is 14.2. The van der Waals surface area contributed by atoms with Gasteiger partial charge >= 0.3 is 0 Å². The van der Waals surface area contributed by atoms with Crippen LogP contribution in [0.25, 0.3) is 88.5 Å². The topological polar surface area (TPSA) is 25.8 Å². The molecule has 0 N–H and O–H groups in total. The highest BCUT2D eigenvalue weighted by molar-refractivity contribution is 6.09. The van der Waals surface area contributed by atoms with Crippen molar-refractivity contribution in [2.24, 2.45) is 0 Å². The number of aromatic nitrogens is 2. The molecular formula is C49H34N2. The van der Waals surface area contributed by atoms with Crippen molar-refractivity contribution < 1.29 is 0 Å². The predicted octanol–water partition coefficient (Wildman–Crippen LogP) is 12.9. The van der Waals surface area contributed by atoms with Crippen LogP contribution < -0.4 is 0 Å². The first-order valence-corrected chi connectivity index (χ1v) is 17.7. The number of rotatable bonds is 4. The molecule has 2 nitrogen and oxygen atoms in total. The molecule has 1 aliphatic carbocycles. The van der Waals surface area contributed by atoms with E-state index in [4.69, 9.17) is 9.97 Å². The lowest BCUT2D eigenvalue weighted by Gasteiger charge is -2.22. The number of hydrogen-bond donors (Lipinski definition) is 0. The first kappa shape index (κ1) is 29.5. The monoisotopic (exact) mass is 650 g/mol. The molecule has 8 aromatic carbocycles. The highest BCUT2D eigenvalue weighted by Crippen LogP contribution is 2.53. The minimum absolute atomic E-state index is 0.142. The van der Waals surface area contributed by atoms with Gasteiger partial charge in [0.25, 0.3) is 0 Å². The zero-order chi connectivity index (χ0) is 34.1. The Balaban J connectivity index is 1.22. The Morgan fingerprint density at radius 1 is 0.373 bits per heavy atom. The summed E-state index contributed by atoms with van der Waals surface area (Å²) in [6.45, 7) is 4.70. The van der Waals surface area contributed by atoms with Crippen molar-refractivity contribution in [3.05, 3.63) is 181 Å². The highest BCUT2D eigenvalue weighted by Gasteiger charge is 2.37. The quantitative estimate of drug-likeness (QED) is 0.189. The van der Waals surface area contributed by atoms with Crippen LogP contribution in [-0.2, 0) is 5.41 Å². The van der Waals surface area contributed by atoms with Crippen molar-refractivity contribution in [1.82, 2.24) is 9.97 Å². The van der Waals surface area contributed by atoms with E-state index < -0.39 is 0 Å². The normalized spacial score (nSPS) is 13.1. The molecule has 9 aromatic rings. The van der Waals surface area contributed by atoms with E-state index in [0.717, 1.165) is 33.9 Å². The number of nitrogens with zero attached hydrogens (tertiary/aromatic N) is 2. The third-order valence-corrected chi connectivity index (χ3v) is 10.9. The van der Waals surface area contributed by atoms with Gasteiger partial charge in [-0.25, -0.2) is 9.97 Å². The molecule has 0 spiro atoms. The number of hydrogen-bond acceptors (Lipinski definition) is 2. The van der Waals surface area contributed by atoms with Crippen LogP contribution in [0.3, 0.4) is 0 Å². The zero-order valence-corrected chi connectivity index (χ0v) is 28.6. The Hall–Kier alpha value is -6.38. The van der Waals surface area contributed by atoms with Gasteiger partial charge in [0.2, 0.25) is 0 Å². The molecule has 0 amide bonds. The molecule has 10 rings (SSSR count). The maximum Gasteiger partial charge on any atom is 0.160 e. The number of benzene rings is 8. The lowest BCUT2D eigenvalue weighted by molar-refractivity contribution is 0.661. The molecule has 1 heterocycles. The molecule has 2 heteroatoms. The van der Waals surface area contributed by atoms with Crippen molar-refractivity contribution in [1.29, 1.82) is 0 Å². The van der Waals surface area contributed by atoms with Crippen molar-refractivity contribution in [2.75, 3.05) is 0 Å². The fourth-order valence-corrected chi connectivity index (χ4v) is 8.34. The maximum atomic E-state index is 5.33. The summed E-state index contributed by atoms with van der Waals surface area (Å²) in [5.74, 6) is 0.721. The van der Waals surface area contributed by atoms with E-state index in [9.17, 15) is 0 Å². The summed E-state index contributed by atoms with van der Waals surface area (Å²) < 4.78 is 0. The minimum atomic E-state index is -0.142. The molecule has 0 atom stereocenters. The third kappa shape index (κ3) is 4.64. The van der Waals surface area contributed by atoms with Gasteiger partial charge in [0.15, 0.2) is 5.82 Å². The van der Waals surface area contributed by atoms with Gasteiger partial charge in [0.1, 0.15) is 0 Å². The lowest BCUT2D eigenvalue weighted by Crippen LogP contribution is -2.14. The van der Waals surface area contributed by atoms with Gasteiger partial charge in [0, 0.05) is 22.1 Å². The van der Waals surface area contributed by atoms with Crippen LogP contribution >= 0.6 is 0 Å². The Kier molecular flexibility index (Phi) is 6.56. The van der Waals surface area contributed by atoms with E-state index >= 15 is 0 Å². The lowest BCUT2D eigenvalue weighted by atomic mass is 9.81. The van der Waals surface area contributed by atoms with E-state index in [2.05, 4.69) is 178 Å². The molecule has 51 heavy (non-hydrogen) atoms. The van der Waals surface area contributed by atoms with Crippen molar-refractivity contribution in [3.63, 3.8) is 0 Å². The van der Waals surface area contributed by atoms with Gasteiger partial charge in [0.05, 0.1) is 11.4 Å². The van der Waals surface area contributed by atoms with Gasteiger partial charge in [-0.2, -0.15) is 0 Å². The van der Waals surface area contributed by atoms with Gasteiger partial charge in [-0.1, -0.05) is 166 Å². The Bertz CT molecular complexity index is 2820. The zero-order valence-electron chi connectivity index (χ0n) is 28.6. The first-order valence-electron chi connectivity index (χ1n) is 17.7. The van der Waals surface area contributed by atoms with Gasteiger partial charge in [-0.05, 0) is 83.9 Å². The first-order chi connectivity index (χ1) is 25.0. The van der Waals surface area contributed by atoms with Gasteiger partial charge in [-0.15, -0.1) is 0 Å². The summed E-state index contributed by atoms with van der Waals surface area (Å²) in [5, 5.41) is 7.39. The van der Waals surface area contributed by atoms with Crippen molar-refractivity contribution in [3.8, 4) is 56.2 Å². The van der Waals surface area contributed by atoms with E-state index in [1.165, 1.54) is 65.7 Å². The molecule has 0 bridgehead atoms. The average molecular weight is 651 g/mol.